The van der Waals surface area contributed by atoms with E-state index in [9.17, 15) is 0 Å². The molecule has 1 rings (SSSR count). The first-order valence-electron chi connectivity index (χ1n) is 3.86. The number of aryl methyl sites for hydroxylation is 2. The van der Waals surface area contributed by atoms with Gasteiger partial charge in [0.15, 0.2) is 0 Å². The standard InChI is InChI=1S/C10H15N/c1-8-5-6-10(11(3)4)9(2)7-8/h5-7H,1-4H3. The summed E-state index contributed by atoms with van der Waals surface area (Å²) in [5.41, 5.74) is 3.97. The van der Waals surface area contributed by atoms with Crippen LogP contribution in [0.3, 0.4) is 0 Å². The van der Waals surface area contributed by atoms with Crippen molar-refractivity contribution in [2.24, 2.45) is 0 Å². The second kappa shape index (κ2) is 2.95. The van der Waals surface area contributed by atoms with Gasteiger partial charge in [0.25, 0.3) is 0 Å². The van der Waals surface area contributed by atoms with Gasteiger partial charge in [-0.3, -0.25) is 0 Å². The Morgan fingerprint density at radius 1 is 1.09 bits per heavy atom. The average molecular weight is 149 g/mol. The van der Waals surface area contributed by atoms with Gasteiger partial charge in [-0.2, -0.15) is 0 Å². The number of anilines is 1. The monoisotopic (exact) mass is 149 g/mol. The molecule has 0 saturated carbocycles. The number of rotatable bonds is 1. The SMILES string of the molecule is Cc1ccc(N(C)C)c(C)c1. The van der Waals surface area contributed by atoms with Crippen molar-refractivity contribution in [2.75, 3.05) is 19.0 Å². The molecular weight excluding hydrogens is 134 g/mol. The Morgan fingerprint density at radius 3 is 2.18 bits per heavy atom. The predicted octanol–water partition coefficient (Wildman–Crippen LogP) is 2.37. The van der Waals surface area contributed by atoms with E-state index in [4.69, 9.17) is 0 Å². The van der Waals surface area contributed by atoms with E-state index in [0.717, 1.165) is 0 Å². The molecule has 0 amide bonds. The summed E-state index contributed by atoms with van der Waals surface area (Å²) in [5, 5.41) is 0. The van der Waals surface area contributed by atoms with Crippen LogP contribution in [0.4, 0.5) is 5.69 Å². The minimum absolute atomic E-state index is 1.30. The first kappa shape index (κ1) is 8.12. The molecule has 0 aliphatic carbocycles. The lowest BCUT2D eigenvalue weighted by molar-refractivity contribution is 1.11. The molecule has 0 saturated heterocycles. The van der Waals surface area contributed by atoms with Crippen molar-refractivity contribution in [1.29, 1.82) is 0 Å². The molecule has 1 aromatic rings. The highest BCUT2D eigenvalue weighted by Gasteiger charge is 1.98. The molecule has 0 fully saturated rings. The fourth-order valence-electron chi connectivity index (χ4n) is 1.31. The van der Waals surface area contributed by atoms with Crippen molar-refractivity contribution in [3.63, 3.8) is 0 Å². The molecule has 0 bridgehead atoms. The van der Waals surface area contributed by atoms with Gasteiger partial charge in [-0.15, -0.1) is 0 Å². The van der Waals surface area contributed by atoms with E-state index in [-0.39, 0.29) is 0 Å². The normalized spacial score (nSPS) is 9.82. The number of hydrogen-bond acceptors (Lipinski definition) is 1. The molecule has 0 N–H and O–H groups in total. The lowest BCUT2D eigenvalue weighted by Gasteiger charge is -2.15. The highest BCUT2D eigenvalue weighted by atomic mass is 15.1. The molecule has 60 valence electrons. The zero-order valence-corrected chi connectivity index (χ0v) is 7.68. The van der Waals surface area contributed by atoms with Crippen molar-refractivity contribution in [3.8, 4) is 0 Å². The van der Waals surface area contributed by atoms with E-state index in [1.54, 1.807) is 0 Å². The molecule has 0 spiro atoms. The van der Waals surface area contributed by atoms with Crippen molar-refractivity contribution in [2.45, 2.75) is 13.8 Å². The van der Waals surface area contributed by atoms with E-state index in [0.29, 0.717) is 0 Å². The van der Waals surface area contributed by atoms with Crippen LogP contribution in [0.5, 0.6) is 0 Å². The number of hydrogen-bond donors (Lipinski definition) is 0. The van der Waals surface area contributed by atoms with E-state index in [1.165, 1.54) is 16.8 Å². The molecule has 1 nitrogen and oxygen atoms in total. The molecule has 1 heteroatoms. The summed E-state index contributed by atoms with van der Waals surface area (Å²) in [6.45, 7) is 4.26. The maximum absolute atomic E-state index is 2.20. The summed E-state index contributed by atoms with van der Waals surface area (Å²) in [6, 6.07) is 6.50. The molecule has 0 atom stereocenters. The van der Waals surface area contributed by atoms with Crippen LogP contribution in [-0.2, 0) is 0 Å². The van der Waals surface area contributed by atoms with E-state index < -0.39 is 0 Å². The fraction of sp³-hybridized carbons (Fsp3) is 0.400. The minimum atomic E-state index is 1.30. The largest absolute Gasteiger partial charge is 0.377 e. The lowest BCUT2D eigenvalue weighted by Crippen LogP contribution is -2.09. The Balaban J connectivity index is 3.09. The third kappa shape index (κ3) is 1.73. The first-order chi connectivity index (χ1) is 5.11. The quantitative estimate of drug-likeness (QED) is 0.592. The summed E-state index contributed by atoms with van der Waals surface area (Å²) in [5.74, 6) is 0. The molecule has 0 unspecified atom stereocenters. The number of nitrogens with zero attached hydrogens (tertiary/aromatic N) is 1. The Morgan fingerprint density at radius 2 is 1.73 bits per heavy atom. The summed E-state index contributed by atoms with van der Waals surface area (Å²) in [7, 11) is 4.13. The fourth-order valence-corrected chi connectivity index (χ4v) is 1.31. The average Bonchev–Trinajstić information content (AvgIpc) is 1.85. The van der Waals surface area contributed by atoms with E-state index in [1.807, 2.05) is 0 Å². The van der Waals surface area contributed by atoms with Gasteiger partial charge in [-0.05, 0) is 25.5 Å². The van der Waals surface area contributed by atoms with Crippen LogP contribution in [0.1, 0.15) is 11.1 Å². The molecule has 0 aromatic heterocycles. The van der Waals surface area contributed by atoms with Crippen LogP contribution in [0, 0.1) is 13.8 Å². The highest BCUT2D eigenvalue weighted by Crippen LogP contribution is 2.17. The van der Waals surface area contributed by atoms with Gasteiger partial charge >= 0.3 is 0 Å². The van der Waals surface area contributed by atoms with Gasteiger partial charge < -0.3 is 4.90 Å². The van der Waals surface area contributed by atoms with Crippen molar-refractivity contribution in [1.82, 2.24) is 0 Å². The van der Waals surface area contributed by atoms with Crippen LogP contribution < -0.4 is 4.90 Å². The van der Waals surface area contributed by atoms with Gasteiger partial charge in [0.1, 0.15) is 0 Å². The van der Waals surface area contributed by atoms with Gasteiger partial charge in [-0.25, -0.2) is 0 Å². The van der Waals surface area contributed by atoms with E-state index in [2.05, 4.69) is 51.0 Å². The van der Waals surface area contributed by atoms with Crippen LogP contribution in [0.2, 0.25) is 0 Å². The highest BCUT2D eigenvalue weighted by molar-refractivity contribution is 5.52. The van der Waals surface area contributed by atoms with Gasteiger partial charge in [0, 0.05) is 19.8 Å². The smallest absolute Gasteiger partial charge is 0.0390 e. The zero-order chi connectivity index (χ0) is 8.43. The first-order valence-corrected chi connectivity index (χ1v) is 3.86. The zero-order valence-electron chi connectivity index (χ0n) is 7.68. The molecule has 0 heterocycles. The second-order valence-electron chi connectivity index (χ2n) is 3.18. The van der Waals surface area contributed by atoms with Gasteiger partial charge in [-0.1, -0.05) is 17.7 Å². The number of benzene rings is 1. The van der Waals surface area contributed by atoms with Gasteiger partial charge in [0.2, 0.25) is 0 Å². The van der Waals surface area contributed by atoms with Crippen molar-refractivity contribution >= 4 is 5.69 Å². The predicted molar refractivity (Wildman–Crippen MR) is 50.2 cm³/mol. The summed E-state index contributed by atoms with van der Waals surface area (Å²) in [6.07, 6.45) is 0. The lowest BCUT2D eigenvalue weighted by atomic mass is 10.1. The molecular formula is C10H15N. The topological polar surface area (TPSA) is 3.24 Å². The minimum Gasteiger partial charge on any atom is -0.377 e. The summed E-state index contributed by atoms with van der Waals surface area (Å²) >= 11 is 0. The third-order valence-electron chi connectivity index (χ3n) is 1.83. The Kier molecular flexibility index (Phi) is 2.18. The van der Waals surface area contributed by atoms with Crippen molar-refractivity contribution in [3.05, 3.63) is 29.3 Å². The van der Waals surface area contributed by atoms with Crippen LogP contribution >= 0.6 is 0 Å². The maximum atomic E-state index is 2.20. The van der Waals surface area contributed by atoms with Crippen LogP contribution in [0.15, 0.2) is 18.2 Å². The second-order valence-corrected chi connectivity index (χ2v) is 3.18. The molecule has 0 aliphatic rings. The van der Waals surface area contributed by atoms with Crippen LogP contribution in [0.25, 0.3) is 0 Å². The van der Waals surface area contributed by atoms with Gasteiger partial charge in [0.05, 0.1) is 0 Å². The molecule has 0 radical (unpaired) electrons. The molecule has 11 heavy (non-hydrogen) atoms. The summed E-state index contributed by atoms with van der Waals surface area (Å²) in [4.78, 5) is 2.13. The summed E-state index contributed by atoms with van der Waals surface area (Å²) < 4.78 is 0. The Hall–Kier alpha value is -0.980. The molecule has 0 aliphatic heterocycles. The molecule has 1 aromatic carbocycles. The van der Waals surface area contributed by atoms with Crippen LogP contribution in [-0.4, -0.2) is 14.1 Å². The van der Waals surface area contributed by atoms with E-state index >= 15 is 0 Å². The Bertz CT molecular complexity index is 251. The Labute approximate surface area is 68.7 Å². The third-order valence-corrected chi connectivity index (χ3v) is 1.83. The van der Waals surface area contributed by atoms with Crippen molar-refractivity contribution < 1.29 is 0 Å². The maximum Gasteiger partial charge on any atom is 0.0390 e.